The van der Waals surface area contributed by atoms with Crippen LogP contribution in [0.4, 0.5) is 10.2 Å². The van der Waals surface area contributed by atoms with Crippen molar-refractivity contribution in [1.29, 1.82) is 0 Å². The number of anilines is 1. The van der Waals surface area contributed by atoms with Gasteiger partial charge in [0.25, 0.3) is 5.56 Å². The molecular weight excluding hydrogens is 465 g/mol. The van der Waals surface area contributed by atoms with Gasteiger partial charge in [0.1, 0.15) is 17.4 Å². The van der Waals surface area contributed by atoms with Crippen molar-refractivity contribution in [2.45, 2.75) is 43.5 Å². The van der Waals surface area contributed by atoms with Crippen LogP contribution in [-0.4, -0.2) is 22.9 Å². The minimum atomic E-state index is -0.519. The molecule has 5 rings (SSSR count). The van der Waals surface area contributed by atoms with Gasteiger partial charge in [0.05, 0.1) is 12.7 Å². The van der Waals surface area contributed by atoms with Crippen LogP contribution < -0.4 is 15.6 Å². The van der Waals surface area contributed by atoms with Crippen LogP contribution in [0, 0.1) is 11.2 Å². The lowest BCUT2D eigenvalue weighted by atomic mass is 9.69. The van der Waals surface area contributed by atoms with Crippen LogP contribution in [0.2, 0.25) is 0 Å². The zero-order valence-electron chi connectivity index (χ0n) is 19.8. The molecule has 6 nitrogen and oxygen atoms in total. The zero-order chi connectivity index (χ0) is 24.7. The van der Waals surface area contributed by atoms with E-state index in [1.165, 1.54) is 23.9 Å². The van der Waals surface area contributed by atoms with Gasteiger partial charge in [-0.05, 0) is 47.2 Å². The third kappa shape index (κ3) is 4.62. The summed E-state index contributed by atoms with van der Waals surface area (Å²) in [5.74, 6) is 0.835. The number of nitrogens with one attached hydrogen (secondary N) is 2. The number of carbonyl (C=O) groups excluding carboxylic acids is 1. The van der Waals surface area contributed by atoms with E-state index in [4.69, 9.17) is 9.72 Å². The Morgan fingerprint density at radius 1 is 1.14 bits per heavy atom. The monoisotopic (exact) mass is 491 g/mol. The van der Waals surface area contributed by atoms with Crippen LogP contribution >= 0.6 is 11.8 Å². The highest BCUT2D eigenvalue weighted by atomic mass is 32.2. The van der Waals surface area contributed by atoms with Gasteiger partial charge in [-0.25, -0.2) is 9.37 Å². The molecular formula is C27H26FN3O3S. The predicted molar refractivity (Wildman–Crippen MR) is 134 cm³/mol. The Morgan fingerprint density at radius 2 is 1.91 bits per heavy atom. The van der Waals surface area contributed by atoms with Gasteiger partial charge in [-0.3, -0.25) is 9.59 Å². The number of carbonyl (C=O) groups is 1. The molecule has 0 amide bonds. The van der Waals surface area contributed by atoms with E-state index in [9.17, 15) is 14.0 Å². The number of fused-ring (bicyclic) bond motifs is 1. The standard InChI is InChI=1S/C27H26FN3O3S/c1-27(2)12-19-22(20(32)13-27)21(16-7-9-18(34-3)10-8-16)23-24(29-19)30-26(31-25(23)33)35-14-15-5-4-6-17(28)11-15/h4-11,21H,12-14H2,1-3H3,(H2,29,30,31,33)/t21-/m1/s1. The summed E-state index contributed by atoms with van der Waals surface area (Å²) >= 11 is 1.33. The third-order valence-corrected chi connectivity index (χ3v) is 7.36. The number of aromatic nitrogens is 2. The van der Waals surface area contributed by atoms with Crippen molar-refractivity contribution in [3.63, 3.8) is 0 Å². The quantitative estimate of drug-likeness (QED) is 0.367. The molecule has 0 fully saturated rings. The van der Waals surface area contributed by atoms with Gasteiger partial charge in [-0.1, -0.05) is 49.9 Å². The summed E-state index contributed by atoms with van der Waals surface area (Å²) in [5, 5.41) is 3.76. The number of thioether (sulfide) groups is 1. The number of nitrogens with zero attached hydrogens (tertiary/aromatic N) is 1. The largest absolute Gasteiger partial charge is 0.497 e. The summed E-state index contributed by atoms with van der Waals surface area (Å²) < 4.78 is 18.8. The molecule has 0 radical (unpaired) electrons. The van der Waals surface area contributed by atoms with E-state index in [0.717, 1.165) is 16.8 Å². The fraction of sp³-hybridized carbons (Fsp3) is 0.296. The van der Waals surface area contributed by atoms with Crippen LogP contribution in [-0.2, 0) is 10.5 Å². The van der Waals surface area contributed by atoms with E-state index in [2.05, 4.69) is 24.1 Å². The number of allylic oxidation sites excluding steroid dienone is 2. The Bertz CT molecular complexity index is 1400. The van der Waals surface area contributed by atoms with Crippen molar-refractivity contribution in [1.82, 2.24) is 9.97 Å². The maximum absolute atomic E-state index is 13.6. The zero-order valence-corrected chi connectivity index (χ0v) is 20.6. The average molecular weight is 492 g/mol. The summed E-state index contributed by atoms with van der Waals surface area (Å²) in [6.07, 6.45) is 1.10. The first-order valence-electron chi connectivity index (χ1n) is 11.4. The first kappa shape index (κ1) is 23.4. The van der Waals surface area contributed by atoms with Crippen molar-refractivity contribution < 1.29 is 13.9 Å². The molecule has 2 aliphatic rings. The van der Waals surface area contributed by atoms with Crippen molar-refractivity contribution in [3.8, 4) is 5.75 Å². The van der Waals surface area contributed by atoms with Crippen LogP contribution in [0.1, 0.15) is 49.3 Å². The smallest absolute Gasteiger partial charge is 0.257 e. The summed E-state index contributed by atoms with van der Waals surface area (Å²) in [5.41, 5.74) is 3.02. The van der Waals surface area contributed by atoms with Crippen LogP contribution in [0.25, 0.3) is 0 Å². The van der Waals surface area contributed by atoms with Crippen LogP contribution in [0.3, 0.4) is 0 Å². The Kier molecular flexibility index (Phi) is 6.01. The minimum Gasteiger partial charge on any atom is -0.497 e. The molecule has 0 bridgehead atoms. The normalized spacial score (nSPS) is 18.5. The average Bonchev–Trinajstić information content (AvgIpc) is 2.81. The molecule has 0 spiro atoms. The number of benzene rings is 2. The maximum Gasteiger partial charge on any atom is 0.257 e. The second-order valence-corrected chi connectivity index (χ2v) is 10.7. The van der Waals surface area contributed by atoms with Gasteiger partial charge >= 0.3 is 0 Å². The van der Waals surface area contributed by atoms with Crippen LogP contribution in [0.15, 0.2) is 69.8 Å². The molecule has 2 heterocycles. The lowest BCUT2D eigenvalue weighted by molar-refractivity contribution is -0.118. The number of H-pyrrole nitrogens is 1. The van der Waals surface area contributed by atoms with Crippen molar-refractivity contribution in [2.24, 2.45) is 5.41 Å². The van der Waals surface area contributed by atoms with Gasteiger partial charge < -0.3 is 15.0 Å². The van der Waals surface area contributed by atoms with E-state index >= 15 is 0 Å². The highest BCUT2D eigenvalue weighted by molar-refractivity contribution is 7.98. The first-order chi connectivity index (χ1) is 16.7. The third-order valence-electron chi connectivity index (χ3n) is 6.41. The Labute approximate surface area is 207 Å². The summed E-state index contributed by atoms with van der Waals surface area (Å²) in [7, 11) is 1.60. The molecule has 3 aromatic rings. The van der Waals surface area contributed by atoms with E-state index in [1.807, 2.05) is 30.3 Å². The molecule has 0 unspecified atom stereocenters. The molecule has 35 heavy (non-hydrogen) atoms. The highest BCUT2D eigenvalue weighted by Gasteiger charge is 2.42. The summed E-state index contributed by atoms with van der Waals surface area (Å²) in [4.78, 5) is 34.3. The fourth-order valence-corrected chi connectivity index (χ4v) is 5.67. The molecule has 1 aliphatic carbocycles. The molecule has 0 saturated heterocycles. The van der Waals surface area contributed by atoms with E-state index in [-0.39, 0.29) is 22.6 Å². The van der Waals surface area contributed by atoms with E-state index in [1.54, 1.807) is 13.2 Å². The van der Waals surface area contributed by atoms with Crippen molar-refractivity contribution >= 4 is 23.4 Å². The SMILES string of the molecule is COc1ccc([C@@H]2C3=C(CC(C)(C)CC3=O)Nc3nc(SCc4cccc(F)c4)[nH]c(=O)c32)cc1. The number of halogens is 1. The number of hydrogen-bond donors (Lipinski definition) is 2. The minimum absolute atomic E-state index is 0.0409. The van der Waals surface area contributed by atoms with E-state index in [0.29, 0.717) is 46.5 Å². The highest BCUT2D eigenvalue weighted by Crippen LogP contribution is 2.47. The van der Waals surface area contributed by atoms with Gasteiger partial charge in [0.15, 0.2) is 10.9 Å². The van der Waals surface area contributed by atoms with Gasteiger partial charge in [0.2, 0.25) is 0 Å². The second-order valence-electron chi connectivity index (χ2n) is 9.72. The lowest BCUT2D eigenvalue weighted by Gasteiger charge is -2.38. The van der Waals surface area contributed by atoms with Gasteiger partial charge in [-0.2, -0.15) is 0 Å². The summed E-state index contributed by atoms with van der Waals surface area (Å²) in [6.45, 7) is 4.14. The van der Waals surface area contributed by atoms with E-state index < -0.39 is 5.92 Å². The number of ketones is 1. The number of Topliss-reactive ketones (excluding diaryl/α,β-unsaturated/α-hetero) is 1. The second kappa shape index (κ2) is 9.00. The predicted octanol–water partition coefficient (Wildman–Crippen LogP) is 5.41. The van der Waals surface area contributed by atoms with Gasteiger partial charge in [-0.15, -0.1) is 0 Å². The summed E-state index contributed by atoms with van der Waals surface area (Å²) in [6, 6.07) is 13.8. The molecule has 8 heteroatoms. The number of hydrogen-bond acceptors (Lipinski definition) is 6. The molecule has 1 aromatic heterocycles. The lowest BCUT2D eigenvalue weighted by Crippen LogP contribution is -2.37. The van der Waals surface area contributed by atoms with Crippen molar-refractivity contribution in [2.75, 3.05) is 12.4 Å². The number of aromatic amines is 1. The molecule has 1 atom stereocenters. The van der Waals surface area contributed by atoms with Gasteiger partial charge in [0, 0.05) is 29.4 Å². The molecule has 0 saturated carbocycles. The molecule has 2 aromatic carbocycles. The number of methoxy groups -OCH3 is 1. The Morgan fingerprint density at radius 3 is 2.63 bits per heavy atom. The molecule has 1 aliphatic heterocycles. The number of ether oxygens (including phenoxy) is 1. The Hall–Kier alpha value is -3.39. The van der Waals surface area contributed by atoms with Crippen molar-refractivity contribution in [3.05, 3.63) is 92.7 Å². The first-order valence-corrected chi connectivity index (χ1v) is 12.4. The topological polar surface area (TPSA) is 84.1 Å². The maximum atomic E-state index is 13.6. The molecule has 2 N–H and O–H groups in total. The molecule has 180 valence electrons. The fourth-order valence-electron chi connectivity index (χ4n) is 4.87. The van der Waals surface area contributed by atoms with Crippen LogP contribution in [0.5, 0.6) is 5.75 Å². The number of rotatable bonds is 5. The Balaban J connectivity index is 1.57.